The van der Waals surface area contributed by atoms with Crippen molar-refractivity contribution < 1.29 is 14.0 Å². The third-order valence-corrected chi connectivity index (χ3v) is 5.64. The van der Waals surface area contributed by atoms with Crippen LogP contribution in [0, 0.1) is 5.82 Å². The van der Waals surface area contributed by atoms with Crippen molar-refractivity contribution in [3.05, 3.63) is 106 Å². The SMILES string of the molecule is CCCNC(=O)[C@H](Cc1ccccc1)N(Cc1ccccc1F)C(=O)Cc1ccc(Cl)cc1. The predicted octanol–water partition coefficient (Wildman–Crippen LogP) is 5.19. The van der Waals surface area contributed by atoms with Crippen LogP contribution in [0.5, 0.6) is 0 Å². The minimum Gasteiger partial charge on any atom is -0.354 e. The summed E-state index contributed by atoms with van der Waals surface area (Å²) in [6.07, 6.45) is 1.19. The molecule has 0 radical (unpaired) electrons. The fraction of sp³-hybridized carbons (Fsp3) is 0.259. The molecule has 0 saturated carbocycles. The van der Waals surface area contributed by atoms with Crippen molar-refractivity contribution in [2.45, 2.75) is 38.8 Å². The maximum absolute atomic E-state index is 14.5. The largest absolute Gasteiger partial charge is 0.354 e. The van der Waals surface area contributed by atoms with Gasteiger partial charge in [-0.3, -0.25) is 9.59 Å². The van der Waals surface area contributed by atoms with Crippen LogP contribution in [0.4, 0.5) is 4.39 Å². The minimum atomic E-state index is -0.779. The van der Waals surface area contributed by atoms with E-state index in [9.17, 15) is 14.0 Å². The van der Waals surface area contributed by atoms with Crippen molar-refractivity contribution in [1.82, 2.24) is 10.2 Å². The Hall–Kier alpha value is -3.18. The van der Waals surface area contributed by atoms with Crippen LogP contribution in [0.15, 0.2) is 78.9 Å². The Morgan fingerprint density at radius 3 is 2.27 bits per heavy atom. The molecular weight excluding hydrogens is 439 g/mol. The molecule has 0 spiro atoms. The summed E-state index contributed by atoms with van der Waals surface area (Å²) in [7, 11) is 0. The van der Waals surface area contributed by atoms with E-state index < -0.39 is 11.9 Å². The molecule has 172 valence electrons. The molecule has 0 saturated heterocycles. The van der Waals surface area contributed by atoms with Crippen molar-refractivity contribution in [3.63, 3.8) is 0 Å². The third-order valence-electron chi connectivity index (χ3n) is 5.39. The minimum absolute atomic E-state index is 0.00383. The number of carbonyl (C=O) groups is 2. The quantitative estimate of drug-likeness (QED) is 0.447. The lowest BCUT2D eigenvalue weighted by Crippen LogP contribution is -2.51. The first-order valence-corrected chi connectivity index (χ1v) is 11.4. The number of hydrogen-bond donors (Lipinski definition) is 1. The van der Waals surface area contributed by atoms with Crippen LogP contribution in [-0.2, 0) is 29.0 Å². The van der Waals surface area contributed by atoms with Crippen LogP contribution in [0.3, 0.4) is 0 Å². The Labute approximate surface area is 199 Å². The fourth-order valence-electron chi connectivity index (χ4n) is 3.61. The van der Waals surface area contributed by atoms with Crippen LogP contribution in [-0.4, -0.2) is 29.3 Å². The molecule has 3 aromatic carbocycles. The van der Waals surface area contributed by atoms with Gasteiger partial charge in [0.25, 0.3) is 0 Å². The van der Waals surface area contributed by atoms with Crippen molar-refractivity contribution >= 4 is 23.4 Å². The van der Waals surface area contributed by atoms with Gasteiger partial charge in [0.1, 0.15) is 11.9 Å². The van der Waals surface area contributed by atoms with Gasteiger partial charge in [-0.25, -0.2) is 4.39 Å². The van der Waals surface area contributed by atoms with Gasteiger partial charge < -0.3 is 10.2 Å². The van der Waals surface area contributed by atoms with E-state index in [-0.39, 0.29) is 24.8 Å². The number of carbonyl (C=O) groups excluding carboxylic acids is 2. The van der Waals surface area contributed by atoms with E-state index in [0.717, 1.165) is 17.5 Å². The molecule has 6 heteroatoms. The van der Waals surface area contributed by atoms with Gasteiger partial charge in [-0.15, -0.1) is 0 Å². The highest BCUT2D eigenvalue weighted by atomic mass is 35.5. The maximum Gasteiger partial charge on any atom is 0.243 e. The van der Waals surface area contributed by atoms with Crippen molar-refractivity contribution in [1.29, 1.82) is 0 Å². The Morgan fingerprint density at radius 1 is 0.939 bits per heavy atom. The van der Waals surface area contributed by atoms with E-state index in [1.54, 1.807) is 42.5 Å². The molecule has 0 fully saturated rings. The molecule has 0 aliphatic heterocycles. The van der Waals surface area contributed by atoms with E-state index in [2.05, 4.69) is 5.32 Å². The summed E-state index contributed by atoms with van der Waals surface area (Å²) in [4.78, 5) is 28.2. The molecule has 0 aromatic heterocycles. The number of hydrogen-bond acceptors (Lipinski definition) is 2. The van der Waals surface area contributed by atoms with Gasteiger partial charge in [0.2, 0.25) is 11.8 Å². The third kappa shape index (κ3) is 7.16. The van der Waals surface area contributed by atoms with Crippen LogP contribution in [0.25, 0.3) is 0 Å². The first kappa shape index (κ1) is 24.5. The zero-order valence-corrected chi connectivity index (χ0v) is 19.4. The summed E-state index contributed by atoms with van der Waals surface area (Å²) < 4.78 is 14.5. The maximum atomic E-state index is 14.5. The standard InChI is InChI=1S/C27H28ClFN2O2/c1-2-16-30-27(33)25(17-20-8-4-3-5-9-20)31(19-22-10-6-7-11-24(22)29)26(32)18-21-12-14-23(28)15-13-21/h3-15,25H,2,16-19H2,1H3,(H,30,33)/t25-/m0/s1. The number of rotatable bonds is 10. The second-order valence-electron chi connectivity index (χ2n) is 7.91. The second kappa shape index (κ2) is 12.2. The zero-order valence-electron chi connectivity index (χ0n) is 18.6. The van der Waals surface area contributed by atoms with E-state index in [4.69, 9.17) is 11.6 Å². The van der Waals surface area contributed by atoms with E-state index in [0.29, 0.717) is 23.6 Å². The fourth-order valence-corrected chi connectivity index (χ4v) is 3.73. The van der Waals surface area contributed by atoms with Gasteiger partial charge in [0.05, 0.1) is 6.42 Å². The summed E-state index contributed by atoms with van der Waals surface area (Å²) in [6.45, 7) is 2.47. The lowest BCUT2D eigenvalue weighted by molar-refractivity contribution is -0.140. The number of benzene rings is 3. The normalized spacial score (nSPS) is 11.6. The molecule has 4 nitrogen and oxygen atoms in total. The summed E-state index contributed by atoms with van der Waals surface area (Å²) >= 11 is 5.98. The van der Waals surface area contributed by atoms with E-state index in [1.165, 1.54) is 11.0 Å². The van der Waals surface area contributed by atoms with E-state index in [1.807, 2.05) is 37.3 Å². The number of nitrogens with zero attached hydrogens (tertiary/aromatic N) is 1. The molecule has 2 amide bonds. The van der Waals surface area contributed by atoms with Crippen molar-refractivity contribution in [2.75, 3.05) is 6.54 Å². The first-order valence-electron chi connectivity index (χ1n) is 11.1. The van der Waals surface area contributed by atoms with Crippen molar-refractivity contribution in [2.24, 2.45) is 0 Å². The Kier molecular flexibility index (Phi) is 9.02. The molecule has 1 atom stereocenters. The average molecular weight is 467 g/mol. The highest BCUT2D eigenvalue weighted by Gasteiger charge is 2.30. The lowest BCUT2D eigenvalue weighted by Gasteiger charge is -2.32. The molecule has 1 N–H and O–H groups in total. The molecule has 3 aromatic rings. The second-order valence-corrected chi connectivity index (χ2v) is 8.35. The Balaban J connectivity index is 1.95. The summed E-state index contributed by atoms with van der Waals surface area (Å²) in [6, 6.07) is 22.1. The zero-order chi connectivity index (χ0) is 23.6. The van der Waals surface area contributed by atoms with Gasteiger partial charge in [-0.05, 0) is 35.7 Å². The monoisotopic (exact) mass is 466 g/mol. The van der Waals surface area contributed by atoms with Gasteiger partial charge in [0, 0.05) is 30.1 Å². The first-order chi connectivity index (χ1) is 16.0. The van der Waals surface area contributed by atoms with Crippen LogP contribution < -0.4 is 5.32 Å². The van der Waals surface area contributed by atoms with Gasteiger partial charge in [-0.1, -0.05) is 79.2 Å². The average Bonchev–Trinajstić information content (AvgIpc) is 2.83. The van der Waals surface area contributed by atoms with Crippen LogP contribution in [0.1, 0.15) is 30.0 Å². The molecular formula is C27H28ClFN2O2. The number of nitrogens with one attached hydrogen (secondary N) is 1. The summed E-state index contributed by atoms with van der Waals surface area (Å²) in [5.74, 6) is -0.913. The predicted molar refractivity (Wildman–Crippen MR) is 129 cm³/mol. The smallest absolute Gasteiger partial charge is 0.243 e. The topological polar surface area (TPSA) is 49.4 Å². The number of halogens is 2. The molecule has 0 aliphatic rings. The summed E-state index contributed by atoms with van der Waals surface area (Å²) in [5.41, 5.74) is 2.06. The highest BCUT2D eigenvalue weighted by molar-refractivity contribution is 6.30. The Bertz CT molecular complexity index is 1060. The molecule has 0 heterocycles. The molecule has 3 rings (SSSR count). The summed E-state index contributed by atoms with van der Waals surface area (Å²) in [5, 5.41) is 3.49. The van der Waals surface area contributed by atoms with Crippen LogP contribution in [0.2, 0.25) is 5.02 Å². The molecule has 0 bridgehead atoms. The van der Waals surface area contributed by atoms with Crippen molar-refractivity contribution in [3.8, 4) is 0 Å². The van der Waals surface area contributed by atoms with E-state index >= 15 is 0 Å². The molecule has 0 aliphatic carbocycles. The van der Waals surface area contributed by atoms with Gasteiger partial charge >= 0.3 is 0 Å². The molecule has 0 unspecified atom stereocenters. The Morgan fingerprint density at radius 2 is 1.61 bits per heavy atom. The van der Waals surface area contributed by atoms with Crippen LogP contribution >= 0.6 is 11.6 Å². The van der Waals surface area contributed by atoms with Gasteiger partial charge in [0.15, 0.2) is 0 Å². The van der Waals surface area contributed by atoms with Gasteiger partial charge in [-0.2, -0.15) is 0 Å². The lowest BCUT2D eigenvalue weighted by atomic mass is 10.0. The highest BCUT2D eigenvalue weighted by Crippen LogP contribution is 2.19. The molecule has 33 heavy (non-hydrogen) atoms. The number of amides is 2.